The van der Waals surface area contributed by atoms with Crippen LogP contribution in [0.5, 0.6) is 11.5 Å². The summed E-state index contributed by atoms with van der Waals surface area (Å²) < 4.78 is 7.72. The van der Waals surface area contributed by atoms with Gasteiger partial charge in [-0.3, -0.25) is 9.59 Å². The lowest BCUT2D eigenvalue weighted by molar-refractivity contribution is 0.0977. The van der Waals surface area contributed by atoms with Crippen LogP contribution in [0.2, 0.25) is 5.02 Å². The second-order valence-electron chi connectivity index (χ2n) is 7.85. The number of ketones is 1. The molecule has 0 aliphatic carbocycles. The summed E-state index contributed by atoms with van der Waals surface area (Å²) in [6, 6.07) is 12.6. The Labute approximate surface area is 190 Å². The molecule has 0 amide bonds. The van der Waals surface area contributed by atoms with E-state index in [2.05, 4.69) is 4.98 Å². The highest BCUT2D eigenvalue weighted by Gasteiger charge is 2.19. The number of rotatable bonds is 6. The Morgan fingerprint density at radius 1 is 1.19 bits per heavy atom. The van der Waals surface area contributed by atoms with E-state index in [9.17, 15) is 9.59 Å². The first-order valence-corrected chi connectivity index (χ1v) is 10.8. The van der Waals surface area contributed by atoms with Gasteiger partial charge in [-0.2, -0.15) is 0 Å². The number of benzene rings is 2. The van der Waals surface area contributed by atoms with Crippen molar-refractivity contribution in [1.82, 2.24) is 9.55 Å². The highest BCUT2D eigenvalue weighted by Crippen LogP contribution is 2.40. The minimum Gasteiger partial charge on any atom is -0.455 e. The molecule has 0 unspecified atom stereocenters. The molecule has 7 heteroatoms. The average Bonchev–Trinajstić information content (AvgIpc) is 3.20. The minimum atomic E-state index is -0.215. The molecule has 0 spiro atoms. The summed E-state index contributed by atoms with van der Waals surface area (Å²) in [7, 11) is 1.67. The number of para-hydroxylation sites is 1. The van der Waals surface area contributed by atoms with Crippen LogP contribution in [0.4, 0.5) is 5.69 Å². The van der Waals surface area contributed by atoms with Gasteiger partial charge in [-0.05, 0) is 49.2 Å². The van der Waals surface area contributed by atoms with E-state index in [-0.39, 0.29) is 11.3 Å². The van der Waals surface area contributed by atoms with E-state index in [4.69, 9.17) is 22.1 Å². The van der Waals surface area contributed by atoms with Crippen LogP contribution in [0.1, 0.15) is 35.8 Å². The summed E-state index contributed by atoms with van der Waals surface area (Å²) >= 11 is 6.38. The maximum absolute atomic E-state index is 12.8. The van der Waals surface area contributed by atoms with Crippen LogP contribution in [0.25, 0.3) is 22.0 Å². The van der Waals surface area contributed by atoms with Crippen LogP contribution in [-0.4, -0.2) is 15.3 Å². The molecule has 164 valence electrons. The fourth-order valence-electron chi connectivity index (χ4n) is 3.76. The molecular weight excluding hydrogens is 426 g/mol. The zero-order valence-corrected chi connectivity index (χ0v) is 18.9. The topological polar surface area (TPSA) is 90.1 Å². The molecule has 2 heterocycles. The first-order chi connectivity index (χ1) is 15.3. The van der Waals surface area contributed by atoms with Crippen molar-refractivity contribution in [2.45, 2.75) is 26.7 Å². The van der Waals surface area contributed by atoms with Crippen LogP contribution >= 0.6 is 11.6 Å². The number of nitrogens with one attached hydrogen (secondary N) is 1. The number of aromatic nitrogens is 2. The molecule has 0 aliphatic heterocycles. The quantitative estimate of drug-likeness (QED) is 0.285. The van der Waals surface area contributed by atoms with Gasteiger partial charge in [-0.1, -0.05) is 30.7 Å². The van der Waals surface area contributed by atoms with E-state index < -0.39 is 0 Å². The van der Waals surface area contributed by atoms with Crippen molar-refractivity contribution < 1.29 is 9.53 Å². The number of halogens is 1. The molecule has 6 nitrogen and oxygen atoms in total. The number of anilines is 1. The molecule has 32 heavy (non-hydrogen) atoms. The van der Waals surface area contributed by atoms with Gasteiger partial charge in [0.1, 0.15) is 17.0 Å². The van der Waals surface area contributed by atoms with Gasteiger partial charge in [0, 0.05) is 41.9 Å². The summed E-state index contributed by atoms with van der Waals surface area (Å²) in [4.78, 5) is 28.3. The maximum Gasteiger partial charge on any atom is 0.274 e. The molecule has 0 fully saturated rings. The Morgan fingerprint density at radius 3 is 2.69 bits per heavy atom. The summed E-state index contributed by atoms with van der Waals surface area (Å²) in [6.45, 7) is 3.86. The summed E-state index contributed by atoms with van der Waals surface area (Å²) in [5.41, 5.74) is 9.53. The van der Waals surface area contributed by atoms with Crippen molar-refractivity contribution in [1.29, 1.82) is 0 Å². The second-order valence-corrected chi connectivity index (χ2v) is 8.25. The normalized spacial score (nSPS) is 11.1. The van der Waals surface area contributed by atoms with Crippen LogP contribution in [0, 0.1) is 6.92 Å². The second kappa shape index (κ2) is 8.55. The lowest BCUT2D eigenvalue weighted by Crippen LogP contribution is -2.16. The Hall–Kier alpha value is -3.51. The molecule has 0 bridgehead atoms. The van der Waals surface area contributed by atoms with Gasteiger partial charge < -0.3 is 20.0 Å². The molecule has 4 aromatic rings. The number of nitrogens with zero attached hydrogens (tertiary/aromatic N) is 1. The van der Waals surface area contributed by atoms with Crippen molar-refractivity contribution in [3.05, 3.63) is 75.3 Å². The highest BCUT2D eigenvalue weighted by atomic mass is 35.5. The third-order valence-corrected chi connectivity index (χ3v) is 5.71. The number of nitrogens with two attached hydrogens (primary N) is 1. The van der Waals surface area contributed by atoms with Crippen molar-refractivity contribution in [2.24, 2.45) is 7.05 Å². The van der Waals surface area contributed by atoms with Crippen LogP contribution in [0.3, 0.4) is 0 Å². The Bertz CT molecular complexity index is 1380. The lowest BCUT2D eigenvalue weighted by atomic mass is 10.0. The number of hydrogen-bond acceptors (Lipinski definition) is 4. The number of carbonyl (C=O) groups is 1. The molecule has 0 saturated heterocycles. The number of hydrogen-bond donors (Lipinski definition) is 2. The number of carbonyl (C=O) groups excluding carboxylic acids is 1. The number of H-pyrrole nitrogens is 1. The Morgan fingerprint density at radius 2 is 1.97 bits per heavy atom. The SMILES string of the molecule is CCCC(=O)c1cc2c(-c3cc(N)ccc3Oc3c(C)cccc3Cl)cn(C)c(=O)c2[nH]1. The standard InChI is InChI=1S/C25H24ClN3O3/c1-4-6-21(30)20-12-17-18(13-29(3)25(31)23(17)28-20)16-11-15(27)9-10-22(16)32-24-14(2)7-5-8-19(24)26/h5,7-13,28H,4,6,27H2,1-3H3. The smallest absolute Gasteiger partial charge is 0.274 e. The fourth-order valence-corrected chi connectivity index (χ4v) is 4.02. The zero-order valence-electron chi connectivity index (χ0n) is 18.2. The number of Topliss-reactive ketones (excluding diaryl/α,β-unsaturated/α-hetero) is 1. The Balaban J connectivity index is 1.95. The number of fused-ring (bicyclic) bond motifs is 1. The van der Waals surface area contributed by atoms with Crippen molar-refractivity contribution in [2.75, 3.05) is 5.73 Å². The molecule has 0 atom stereocenters. The third-order valence-electron chi connectivity index (χ3n) is 5.41. The summed E-state index contributed by atoms with van der Waals surface area (Å²) in [5.74, 6) is 1.06. The van der Waals surface area contributed by atoms with E-state index in [1.807, 2.05) is 26.0 Å². The van der Waals surface area contributed by atoms with Crippen molar-refractivity contribution in [3.8, 4) is 22.6 Å². The molecule has 0 aliphatic rings. The van der Waals surface area contributed by atoms with Crippen LogP contribution < -0.4 is 16.0 Å². The molecule has 0 radical (unpaired) electrons. The monoisotopic (exact) mass is 449 g/mol. The van der Waals surface area contributed by atoms with Crippen LogP contribution in [-0.2, 0) is 7.05 Å². The molecule has 3 N–H and O–H groups in total. The number of nitrogen functional groups attached to an aromatic ring is 1. The van der Waals surface area contributed by atoms with Gasteiger partial charge in [-0.15, -0.1) is 0 Å². The predicted octanol–water partition coefficient (Wildman–Crippen LogP) is 5.85. The Kier molecular flexibility index (Phi) is 5.80. The molecule has 2 aromatic heterocycles. The average molecular weight is 450 g/mol. The van der Waals surface area contributed by atoms with Gasteiger partial charge in [-0.25, -0.2) is 0 Å². The number of ether oxygens (including phenoxy) is 1. The highest BCUT2D eigenvalue weighted by molar-refractivity contribution is 6.32. The fraction of sp³-hybridized carbons (Fsp3) is 0.200. The van der Waals surface area contributed by atoms with Gasteiger partial charge in [0.15, 0.2) is 5.78 Å². The van der Waals surface area contributed by atoms with Crippen LogP contribution in [0.15, 0.2) is 53.5 Å². The number of aryl methyl sites for hydroxylation is 2. The first kappa shape index (κ1) is 21.7. The molecular formula is C25H24ClN3O3. The van der Waals surface area contributed by atoms with Crippen molar-refractivity contribution >= 4 is 34.0 Å². The zero-order chi connectivity index (χ0) is 23.0. The van der Waals surface area contributed by atoms with E-state index in [1.54, 1.807) is 43.6 Å². The third kappa shape index (κ3) is 3.89. The van der Waals surface area contributed by atoms with E-state index in [0.717, 1.165) is 17.5 Å². The maximum atomic E-state index is 12.8. The molecule has 4 rings (SSSR count). The lowest BCUT2D eigenvalue weighted by Gasteiger charge is -2.16. The van der Waals surface area contributed by atoms with Gasteiger partial charge in [0.25, 0.3) is 5.56 Å². The van der Waals surface area contributed by atoms with E-state index in [1.165, 1.54) is 4.57 Å². The minimum absolute atomic E-state index is 0.0348. The van der Waals surface area contributed by atoms with E-state index in [0.29, 0.717) is 50.8 Å². The van der Waals surface area contributed by atoms with Crippen molar-refractivity contribution in [3.63, 3.8) is 0 Å². The van der Waals surface area contributed by atoms with Gasteiger partial charge in [0.2, 0.25) is 0 Å². The summed E-state index contributed by atoms with van der Waals surface area (Å²) in [6.07, 6.45) is 2.86. The largest absolute Gasteiger partial charge is 0.455 e. The van der Waals surface area contributed by atoms with Gasteiger partial charge >= 0.3 is 0 Å². The first-order valence-electron chi connectivity index (χ1n) is 10.4. The number of aromatic amines is 1. The number of pyridine rings is 1. The van der Waals surface area contributed by atoms with Gasteiger partial charge in [0.05, 0.1) is 10.7 Å². The van der Waals surface area contributed by atoms with E-state index >= 15 is 0 Å². The molecule has 0 saturated carbocycles. The predicted molar refractivity (Wildman–Crippen MR) is 129 cm³/mol. The summed E-state index contributed by atoms with van der Waals surface area (Å²) in [5, 5.41) is 1.13. The molecule has 2 aromatic carbocycles.